The number of pyridine rings is 1. The molecule has 1 aromatic heterocycles. The summed E-state index contributed by atoms with van der Waals surface area (Å²) in [5, 5.41) is 0. The molecule has 66 valence electrons. The normalized spacial score (nSPS) is 11.7. The molecule has 0 aliphatic carbocycles. The van der Waals surface area contributed by atoms with Crippen LogP contribution in [0.2, 0.25) is 0 Å². The summed E-state index contributed by atoms with van der Waals surface area (Å²) in [5.41, 5.74) is 5.47. The zero-order valence-corrected chi connectivity index (χ0v) is 6.72. The van der Waals surface area contributed by atoms with Crippen LogP contribution < -0.4 is 5.73 Å². The molecule has 0 aliphatic heterocycles. The molecule has 1 aromatic rings. The van der Waals surface area contributed by atoms with E-state index in [0.29, 0.717) is 0 Å². The maximum atomic E-state index is 12.8. The quantitative estimate of drug-likeness (QED) is 0.733. The van der Waals surface area contributed by atoms with Crippen LogP contribution in [0.1, 0.15) is 11.3 Å². The molecule has 0 aliphatic rings. The Kier molecular flexibility index (Phi) is 2.38. The highest BCUT2D eigenvalue weighted by Crippen LogP contribution is 2.24. The largest absolute Gasteiger partial charge is 0.325 e. The Morgan fingerprint density at radius 3 is 2.58 bits per heavy atom. The molecule has 0 atom stereocenters. The summed E-state index contributed by atoms with van der Waals surface area (Å²) in [6.07, 6.45) is 1.40. The summed E-state index contributed by atoms with van der Waals surface area (Å²) in [4.78, 5) is 3.59. The van der Waals surface area contributed by atoms with Crippen molar-refractivity contribution < 1.29 is 8.78 Å². The van der Waals surface area contributed by atoms with Crippen LogP contribution in [0, 0.1) is 6.92 Å². The molecule has 2 nitrogen and oxygen atoms in total. The summed E-state index contributed by atoms with van der Waals surface area (Å²) < 4.78 is 25.7. The van der Waals surface area contributed by atoms with Crippen molar-refractivity contribution in [1.29, 1.82) is 0 Å². The average Bonchev–Trinajstić information content (AvgIpc) is 2.05. The Balaban J connectivity index is 2.96. The number of alkyl halides is 2. The Labute approximate surface area is 69.4 Å². The molecule has 0 amide bonds. The maximum Gasteiger partial charge on any atom is 0.301 e. The first kappa shape index (κ1) is 9.06. The summed E-state index contributed by atoms with van der Waals surface area (Å²) in [6, 6.07) is 2.88. The molecule has 2 N–H and O–H groups in total. The highest BCUT2D eigenvalue weighted by atomic mass is 19.3. The number of halogens is 2. The van der Waals surface area contributed by atoms with Crippen molar-refractivity contribution in [1.82, 2.24) is 4.98 Å². The van der Waals surface area contributed by atoms with Gasteiger partial charge in [0.05, 0.1) is 6.54 Å². The average molecular weight is 172 g/mol. The second-order valence-corrected chi connectivity index (χ2v) is 2.63. The van der Waals surface area contributed by atoms with Crippen LogP contribution in [0.15, 0.2) is 18.3 Å². The lowest BCUT2D eigenvalue weighted by Gasteiger charge is -2.12. The first-order valence-corrected chi connectivity index (χ1v) is 3.57. The second-order valence-electron chi connectivity index (χ2n) is 2.63. The third-order valence-electron chi connectivity index (χ3n) is 1.54. The lowest BCUT2D eigenvalue weighted by atomic mass is 10.2. The number of hydrogen-bond acceptors (Lipinski definition) is 2. The molecule has 4 heteroatoms. The zero-order chi connectivity index (χ0) is 9.19. The topological polar surface area (TPSA) is 38.9 Å². The molecule has 0 unspecified atom stereocenters. The molecule has 1 heterocycles. The van der Waals surface area contributed by atoms with Gasteiger partial charge in [-0.2, -0.15) is 8.78 Å². The van der Waals surface area contributed by atoms with Gasteiger partial charge in [-0.15, -0.1) is 0 Å². The molecule has 0 saturated carbocycles. The van der Waals surface area contributed by atoms with Crippen molar-refractivity contribution in [3.05, 3.63) is 29.6 Å². The predicted molar refractivity (Wildman–Crippen MR) is 41.9 cm³/mol. The lowest BCUT2D eigenvalue weighted by molar-refractivity contribution is 0.00137. The fraction of sp³-hybridized carbons (Fsp3) is 0.375. The predicted octanol–water partition coefficient (Wildman–Crippen LogP) is 1.44. The summed E-state index contributed by atoms with van der Waals surface area (Å²) in [5.74, 6) is -3.01. The molecule has 0 aromatic carbocycles. The van der Waals surface area contributed by atoms with Crippen LogP contribution in [-0.4, -0.2) is 11.5 Å². The fourth-order valence-corrected chi connectivity index (χ4v) is 0.789. The lowest BCUT2D eigenvalue weighted by Crippen LogP contribution is -2.26. The van der Waals surface area contributed by atoms with E-state index >= 15 is 0 Å². The Morgan fingerprint density at radius 1 is 1.50 bits per heavy atom. The van der Waals surface area contributed by atoms with E-state index in [1.807, 2.05) is 0 Å². The second kappa shape index (κ2) is 3.15. The number of hydrogen-bond donors (Lipinski definition) is 1. The molecule has 0 saturated heterocycles. The molecular weight excluding hydrogens is 162 g/mol. The van der Waals surface area contributed by atoms with Crippen LogP contribution in [0.3, 0.4) is 0 Å². The van der Waals surface area contributed by atoms with Crippen molar-refractivity contribution >= 4 is 0 Å². The van der Waals surface area contributed by atoms with Gasteiger partial charge in [0.2, 0.25) is 0 Å². The number of aromatic nitrogens is 1. The summed E-state index contributed by atoms with van der Waals surface area (Å²) in [6.45, 7) is 1.08. The minimum absolute atomic E-state index is 0.268. The van der Waals surface area contributed by atoms with E-state index in [0.717, 1.165) is 5.56 Å². The van der Waals surface area contributed by atoms with E-state index in [1.165, 1.54) is 12.3 Å². The minimum Gasteiger partial charge on any atom is -0.325 e. The third kappa shape index (κ3) is 1.76. The molecule has 0 spiro atoms. The third-order valence-corrected chi connectivity index (χ3v) is 1.54. The maximum absolute atomic E-state index is 12.8. The van der Waals surface area contributed by atoms with E-state index in [2.05, 4.69) is 4.98 Å². The SMILES string of the molecule is Cc1ccc(C(F)(F)CN)nc1. The zero-order valence-electron chi connectivity index (χ0n) is 6.72. The Hall–Kier alpha value is -1.03. The van der Waals surface area contributed by atoms with Crippen molar-refractivity contribution in [2.24, 2.45) is 5.73 Å². The number of nitrogens with zero attached hydrogens (tertiary/aromatic N) is 1. The van der Waals surface area contributed by atoms with Gasteiger partial charge in [0.15, 0.2) is 0 Å². The van der Waals surface area contributed by atoms with Crippen LogP contribution in [-0.2, 0) is 5.92 Å². The summed E-state index contributed by atoms with van der Waals surface area (Å²) >= 11 is 0. The van der Waals surface area contributed by atoms with Crippen molar-refractivity contribution in [3.8, 4) is 0 Å². The van der Waals surface area contributed by atoms with Crippen molar-refractivity contribution in [2.45, 2.75) is 12.8 Å². The van der Waals surface area contributed by atoms with Gasteiger partial charge in [-0.3, -0.25) is 4.98 Å². The molecule has 0 fully saturated rings. The van der Waals surface area contributed by atoms with Gasteiger partial charge in [-0.1, -0.05) is 6.07 Å². The minimum atomic E-state index is -3.01. The molecule has 0 radical (unpaired) electrons. The van der Waals surface area contributed by atoms with Gasteiger partial charge in [0.1, 0.15) is 5.69 Å². The van der Waals surface area contributed by atoms with Gasteiger partial charge in [0, 0.05) is 6.20 Å². The number of aryl methyl sites for hydroxylation is 1. The monoisotopic (exact) mass is 172 g/mol. The van der Waals surface area contributed by atoms with Crippen LogP contribution in [0.25, 0.3) is 0 Å². The highest BCUT2D eigenvalue weighted by molar-refractivity contribution is 5.16. The van der Waals surface area contributed by atoms with Gasteiger partial charge < -0.3 is 5.73 Å². The first-order chi connectivity index (χ1) is 5.56. The fourth-order valence-electron chi connectivity index (χ4n) is 0.789. The first-order valence-electron chi connectivity index (χ1n) is 3.57. The Morgan fingerprint density at radius 2 is 2.17 bits per heavy atom. The van der Waals surface area contributed by atoms with E-state index in [1.54, 1.807) is 13.0 Å². The van der Waals surface area contributed by atoms with Gasteiger partial charge >= 0.3 is 5.92 Å². The van der Waals surface area contributed by atoms with Crippen molar-refractivity contribution in [2.75, 3.05) is 6.54 Å². The smallest absolute Gasteiger partial charge is 0.301 e. The molecular formula is C8H10F2N2. The van der Waals surface area contributed by atoms with Crippen LogP contribution >= 0.6 is 0 Å². The number of rotatable bonds is 2. The molecule has 12 heavy (non-hydrogen) atoms. The van der Waals surface area contributed by atoms with Gasteiger partial charge in [-0.05, 0) is 18.6 Å². The van der Waals surface area contributed by atoms with Crippen molar-refractivity contribution in [3.63, 3.8) is 0 Å². The van der Waals surface area contributed by atoms with Crippen LogP contribution in [0.4, 0.5) is 8.78 Å². The van der Waals surface area contributed by atoms with E-state index in [9.17, 15) is 8.78 Å². The van der Waals surface area contributed by atoms with Gasteiger partial charge in [0.25, 0.3) is 0 Å². The molecule has 0 bridgehead atoms. The molecule has 1 rings (SSSR count). The van der Waals surface area contributed by atoms with E-state index < -0.39 is 12.5 Å². The van der Waals surface area contributed by atoms with E-state index in [-0.39, 0.29) is 5.69 Å². The summed E-state index contributed by atoms with van der Waals surface area (Å²) in [7, 11) is 0. The van der Waals surface area contributed by atoms with E-state index in [4.69, 9.17) is 5.73 Å². The van der Waals surface area contributed by atoms with Crippen LogP contribution in [0.5, 0.6) is 0 Å². The number of nitrogens with two attached hydrogens (primary N) is 1. The standard InChI is InChI=1S/C8H10F2N2/c1-6-2-3-7(12-4-6)8(9,10)5-11/h2-4H,5,11H2,1H3. The highest BCUT2D eigenvalue weighted by Gasteiger charge is 2.30. The van der Waals surface area contributed by atoms with Gasteiger partial charge in [-0.25, -0.2) is 0 Å². The Bertz CT molecular complexity index is 256.